The molecule has 0 atom stereocenters. The Hall–Kier alpha value is -0.790. The van der Waals surface area contributed by atoms with Crippen molar-refractivity contribution in [1.29, 1.82) is 0 Å². The normalized spacial score (nSPS) is 16.6. The van der Waals surface area contributed by atoms with Gasteiger partial charge in [-0.05, 0) is 48.7 Å². The van der Waals surface area contributed by atoms with E-state index in [1.54, 1.807) is 0 Å². The van der Waals surface area contributed by atoms with Crippen LogP contribution in [0.2, 0.25) is 5.02 Å². The topological polar surface area (TPSA) is 12.0 Å². The van der Waals surface area contributed by atoms with Crippen molar-refractivity contribution in [2.75, 3.05) is 13.1 Å². The Morgan fingerprint density at radius 1 is 1.36 bits per heavy atom. The van der Waals surface area contributed by atoms with Gasteiger partial charge in [0.05, 0.1) is 0 Å². The summed E-state index contributed by atoms with van der Waals surface area (Å²) in [6.45, 7) is 4.18. The first-order valence-corrected chi connectivity index (χ1v) is 5.31. The monoisotopic (exact) mass is 207 g/mol. The molecule has 74 valence electrons. The molecule has 1 nitrogen and oxygen atoms in total. The van der Waals surface area contributed by atoms with Crippen LogP contribution in [0.1, 0.15) is 17.5 Å². The van der Waals surface area contributed by atoms with E-state index in [0.29, 0.717) is 0 Å². The fourth-order valence-electron chi connectivity index (χ4n) is 1.85. The van der Waals surface area contributed by atoms with E-state index in [9.17, 15) is 0 Å². The molecule has 0 amide bonds. The van der Waals surface area contributed by atoms with Crippen molar-refractivity contribution in [2.24, 2.45) is 0 Å². The third-order valence-electron chi connectivity index (χ3n) is 2.60. The van der Waals surface area contributed by atoms with Crippen LogP contribution in [-0.4, -0.2) is 13.1 Å². The van der Waals surface area contributed by atoms with Gasteiger partial charge in [-0.1, -0.05) is 23.7 Å². The molecule has 1 heterocycles. The lowest BCUT2D eigenvalue weighted by Crippen LogP contribution is -2.20. The van der Waals surface area contributed by atoms with Crippen molar-refractivity contribution in [3.63, 3.8) is 0 Å². The van der Waals surface area contributed by atoms with Gasteiger partial charge < -0.3 is 5.32 Å². The van der Waals surface area contributed by atoms with E-state index in [1.165, 1.54) is 16.7 Å². The first kappa shape index (κ1) is 9.75. The van der Waals surface area contributed by atoms with Gasteiger partial charge in [0.2, 0.25) is 0 Å². The molecule has 0 saturated heterocycles. The van der Waals surface area contributed by atoms with Crippen LogP contribution in [0.5, 0.6) is 0 Å². The van der Waals surface area contributed by atoms with Gasteiger partial charge in [0, 0.05) is 11.6 Å². The summed E-state index contributed by atoms with van der Waals surface area (Å²) in [5.41, 5.74) is 4.06. The van der Waals surface area contributed by atoms with Crippen LogP contribution in [0.3, 0.4) is 0 Å². The van der Waals surface area contributed by atoms with Crippen LogP contribution >= 0.6 is 11.6 Å². The second-order valence-corrected chi connectivity index (χ2v) is 4.08. The third kappa shape index (κ3) is 1.99. The maximum atomic E-state index is 5.92. The van der Waals surface area contributed by atoms with Gasteiger partial charge in [0.15, 0.2) is 0 Å². The van der Waals surface area contributed by atoms with E-state index < -0.39 is 0 Å². The summed E-state index contributed by atoms with van der Waals surface area (Å²) in [5, 5.41) is 4.13. The molecule has 1 aromatic carbocycles. The number of nitrogens with one attached hydrogen (secondary N) is 1. The second kappa shape index (κ2) is 4.16. The molecule has 1 N–H and O–H groups in total. The van der Waals surface area contributed by atoms with Crippen molar-refractivity contribution in [2.45, 2.75) is 13.3 Å². The largest absolute Gasteiger partial charge is 0.313 e. The average Bonchev–Trinajstić information content (AvgIpc) is 2.19. The van der Waals surface area contributed by atoms with E-state index >= 15 is 0 Å². The zero-order chi connectivity index (χ0) is 9.97. The quantitative estimate of drug-likeness (QED) is 0.747. The Bertz CT molecular complexity index is 369. The highest BCUT2D eigenvalue weighted by Gasteiger charge is 2.07. The van der Waals surface area contributed by atoms with Gasteiger partial charge in [0.25, 0.3) is 0 Å². The van der Waals surface area contributed by atoms with Crippen LogP contribution in [0.15, 0.2) is 24.3 Å². The van der Waals surface area contributed by atoms with Crippen molar-refractivity contribution >= 4 is 17.2 Å². The Labute approximate surface area is 89.8 Å². The highest BCUT2D eigenvalue weighted by atomic mass is 35.5. The minimum atomic E-state index is 0.820. The van der Waals surface area contributed by atoms with Crippen molar-refractivity contribution in [1.82, 2.24) is 5.32 Å². The molecule has 0 radical (unpaired) electrons. The predicted molar refractivity (Wildman–Crippen MR) is 61.7 cm³/mol. The van der Waals surface area contributed by atoms with Crippen LogP contribution in [0, 0.1) is 6.92 Å². The number of rotatable bonds is 1. The molecule has 1 aromatic rings. The number of halogens is 1. The van der Waals surface area contributed by atoms with Crippen LogP contribution in [0.25, 0.3) is 5.57 Å². The number of benzene rings is 1. The van der Waals surface area contributed by atoms with E-state index in [-0.39, 0.29) is 0 Å². The number of aryl methyl sites for hydroxylation is 1. The minimum Gasteiger partial charge on any atom is -0.313 e. The first-order valence-electron chi connectivity index (χ1n) is 4.93. The summed E-state index contributed by atoms with van der Waals surface area (Å²) in [5.74, 6) is 0. The summed E-state index contributed by atoms with van der Waals surface area (Å²) in [6.07, 6.45) is 3.38. The molecular formula is C12H14ClN. The highest BCUT2D eigenvalue weighted by molar-refractivity contribution is 6.30. The smallest absolute Gasteiger partial charge is 0.0409 e. The molecule has 0 aromatic heterocycles. The van der Waals surface area contributed by atoms with Gasteiger partial charge in [-0.3, -0.25) is 0 Å². The van der Waals surface area contributed by atoms with Gasteiger partial charge in [0.1, 0.15) is 0 Å². The fourth-order valence-corrected chi connectivity index (χ4v) is 2.08. The number of hydrogen-bond donors (Lipinski definition) is 1. The van der Waals surface area contributed by atoms with Gasteiger partial charge in [-0.2, -0.15) is 0 Å². The summed E-state index contributed by atoms with van der Waals surface area (Å²) in [6, 6.07) is 6.11. The Balaban J connectivity index is 2.35. The van der Waals surface area contributed by atoms with E-state index in [2.05, 4.69) is 24.4 Å². The first-order chi connectivity index (χ1) is 6.77. The van der Waals surface area contributed by atoms with Crippen LogP contribution in [0.4, 0.5) is 0 Å². The molecule has 2 heteroatoms. The van der Waals surface area contributed by atoms with E-state index in [0.717, 1.165) is 24.5 Å². The lowest BCUT2D eigenvalue weighted by molar-refractivity contribution is 0.738. The molecule has 1 aliphatic heterocycles. The molecule has 0 aliphatic carbocycles. The SMILES string of the molecule is Cc1cc(Cl)ccc1C1=CCNCC1. The Morgan fingerprint density at radius 3 is 2.86 bits per heavy atom. The summed E-state index contributed by atoms with van der Waals surface area (Å²) in [4.78, 5) is 0. The third-order valence-corrected chi connectivity index (χ3v) is 2.83. The van der Waals surface area contributed by atoms with E-state index in [4.69, 9.17) is 11.6 Å². The average molecular weight is 208 g/mol. The maximum Gasteiger partial charge on any atom is 0.0409 e. The molecule has 1 aliphatic rings. The molecule has 0 saturated carbocycles. The predicted octanol–water partition coefficient (Wildman–Crippen LogP) is 3.03. The molecule has 0 unspecified atom stereocenters. The molecule has 0 bridgehead atoms. The summed E-state index contributed by atoms with van der Waals surface area (Å²) in [7, 11) is 0. The van der Waals surface area contributed by atoms with Crippen LogP contribution < -0.4 is 5.32 Å². The standard InChI is InChI=1S/C12H14ClN/c1-9-8-11(13)2-3-12(9)10-4-6-14-7-5-10/h2-4,8,14H,5-7H2,1H3. The van der Waals surface area contributed by atoms with Crippen molar-refractivity contribution in [3.05, 3.63) is 40.4 Å². The molecular weight excluding hydrogens is 194 g/mol. The van der Waals surface area contributed by atoms with Gasteiger partial charge >= 0.3 is 0 Å². The van der Waals surface area contributed by atoms with Crippen LogP contribution in [-0.2, 0) is 0 Å². The Morgan fingerprint density at radius 2 is 2.21 bits per heavy atom. The fraction of sp³-hybridized carbons (Fsp3) is 0.333. The molecule has 14 heavy (non-hydrogen) atoms. The maximum absolute atomic E-state index is 5.92. The van der Waals surface area contributed by atoms with Crippen molar-refractivity contribution < 1.29 is 0 Å². The zero-order valence-electron chi connectivity index (χ0n) is 8.31. The number of hydrogen-bond acceptors (Lipinski definition) is 1. The van der Waals surface area contributed by atoms with Crippen molar-refractivity contribution in [3.8, 4) is 0 Å². The summed E-state index contributed by atoms with van der Waals surface area (Å²) < 4.78 is 0. The second-order valence-electron chi connectivity index (χ2n) is 3.64. The van der Waals surface area contributed by atoms with Gasteiger partial charge in [-0.15, -0.1) is 0 Å². The molecule has 0 fully saturated rings. The lowest BCUT2D eigenvalue weighted by Gasteiger charge is -2.16. The molecule has 2 rings (SSSR count). The zero-order valence-corrected chi connectivity index (χ0v) is 9.06. The summed E-state index contributed by atoms with van der Waals surface area (Å²) >= 11 is 5.92. The molecule has 0 spiro atoms. The highest BCUT2D eigenvalue weighted by Crippen LogP contribution is 2.25. The Kier molecular flexibility index (Phi) is 2.90. The van der Waals surface area contributed by atoms with Gasteiger partial charge in [-0.25, -0.2) is 0 Å². The minimum absolute atomic E-state index is 0.820. The van der Waals surface area contributed by atoms with E-state index in [1.807, 2.05) is 12.1 Å². The lowest BCUT2D eigenvalue weighted by atomic mass is 9.96.